The Balaban J connectivity index is 1.69. The predicted octanol–water partition coefficient (Wildman–Crippen LogP) is 3.73. The number of rotatable bonds is 2. The number of nitrogens with zero attached hydrogens (tertiary/aromatic N) is 3. The first-order valence-corrected chi connectivity index (χ1v) is 11.9. The topological polar surface area (TPSA) is 97.3 Å². The van der Waals surface area contributed by atoms with E-state index in [0.717, 1.165) is 58.3 Å². The summed E-state index contributed by atoms with van der Waals surface area (Å²) in [6.45, 7) is 0. The number of thioether (sulfide) groups is 1. The first-order valence-electron chi connectivity index (χ1n) is 9.18. The first-order chi connectivity index (χ1) is 14.3. The van der Waals surface area contributed by atoms with Crippen molar-refractivity contribution < 1.29 is 13.2 Å². The van der Waals surface area contributed by atoms with Crippen LogP contribution in [0.1, 0.15) is 29.2 Å². The molecule has 5 rings (SSSR count). The number of nitrogens with two attached hydrogens (primary N) is 1. The molecule has 1 atom stereocenters. The van der Waals surface area contributed by atoms with Crippen LogP contribution >= 0.6 is 23.4 Å². The number of hydrogen-bond acceptors (Lipinski definition) is 7. The van der Waals surface area contributed by atoms with Crippen LogP contribution in [0.25, 0.3) is 5.70 Å². The van der Waals surface area contributed by atoms with E-state index in [4.69, 9.17) is 26.5 Å². The third-order valence-corrected chi connectivity index (χ3v) is 7.80. The second kappa shape index (κ2) is 7.12. The summed E-state index contributed by atoms with van der Waals surface area (Å²) in [5.41, 5.74) is 5.06. The molecule has 0 saturated carbocycles. The molecule has 2 N–H and O–H groups in total. The molecule has 154 valence electrons. The Kier molecular flexibility index (Phi) is 4.66. The molecule has 30 heavy (non-hydrogen) atoms. The highest BCUT2D eigenvalue weighted by Gasteiger charge is 2.42. The Morgan fingerprint density at radius 3 is 2.67 bits per heavy atom. The molecule has 0 saturated heterocycles. The summed E-state index contributed by atoms with van der Waals surface area (Å²) < 4.78 is 29.1. The van der Waals surface area contributed by atoms with Crippen molar-refractivity contribution in [3.8, 4) is 5.75 Å². The molecule has 10 heteroatoms. The van der Waals surface area contributed by atoms with Gasteiger partial charge in [-0.15, -0.1) is 5.10 Å². The molecule has 0 aromatic heterocycles. The van der Waals surface area contributed by atoms with Gasteiger partial charge in [0.05, 0.1) is 12.8 Å². The monoisotopic (exact) mass is 460 g/mol. The number of sulfonamides is 1. The van der Waals surface area contributed by atoms with Crippen molar-refractivity contribution in [3.63, 3.8) is 0 Å². The van der Waals surface area contributed by atoms with Gasteiger partial charge in [0.1, 0.15) is 11.8 Å². The van der Waals surface area contributed by atoms with Crippen LogP contribution in [0.5, 0.6) is 5.75 Å². The van der Waals surface area contributed by atoms with Crippen molar-refractivity contribution in [2.24, 2.45) is 15.2 Å². The minimum Gasteiger partial charge on any atom is -0.497 e. The van der Waals surface area contributed by atoms with Crippen molar-refractivity contribution in [1.82, 2.24) is 5.01 Å². The summed E-state index contributed by atoms with van der Waals surface area (Å²) in [5, 5.41) is 12.4. The van der Waals surface area contributed by atoms with Crippen LogP contribution in [0.15, 0.2) is 58.1 Å². The Bertz CT molecular complexity index is 1250. The fourth-order valence-corrected chi connectivity index (χ4v) is 5.64. The number of fused-ring (bicyclic) bond motifs is 3. The molecule has 0 amide bonds. The van der Waals surface area contributed by atoms with Gasteiger partial charge in [0.15, 0.2) is 5.17 Å². The van der Waals surface area contributed by atoms with E-state index in [0.29, 0.717) is 10.2 Å². The van der Waals surface area contributed by atoms with Crippen LogP contribution < -0.4 is 9.88 Å². The maximum Gasteiger partial charge on any atom is 0.264 e. The second-order valence-electron chi connectivity index (χ2n) is 7.10. The summed E-state index contributed by atoms with van der Waals surface area (Å²) in [6, 6.07) is 13.1. The number of amidine groups is 1. The van der Waals surface area contributed by atoms with Gasteiger partial charge in [-0.2, -0.15) is 0 Å². The van der Waals surface area contributed by atoms with Gasteiger partial charge in [-0.25, -0.2) is 23.6 Å². The molecule has 3 aliphatic rings. The predicted molar refractivity (Wildman–Crippen MR) is 120 cm³/mol. The fourth-order valence-electron chi connectivity index (χ4n) is 3.96. The maximum atomic E-state index is 11.9. The standard InChI is InChI=1S/C20H17ClN4O3S2/c1-28-14-7-9-15-12(10-14)4-8-16-17(15)23-19-25(24-20(29-19)30(22,26)27)18(16)11-2-5-13(21)6-3-11/h2-3,5-7,9-10,18H,4,8H2,1H3,(H2,22,26,27). The largest absolute Gasteiger partial charge is 0.497 e. The molecule has 7 nitrogen and oxygen atoms in total. The van der Waals surface area contributed by atoms with Gasteiger partial charge in [0.2, 0.25) is 4.38 Å². The summed E-state index contributed by atoms with van der Waals surface area (Å²) in [6.07, 6.45) is 1.59. The maximum absolute atomic E-state index is 11.9. The summed E-state index contributed by atoms with van der Waals surface area (Å²) >= 11 is 7.06. The van der Waals surface area contributed by atoms with Crippen LogP contribution in [0.4, 0.5) is 0 Å². The van der Waals surface area contributed by atoms with Gasteiger partial charge in [-0.1, -0.05) is 23.7 Å². The van der Waals surface area contributed by atoms with E-state index in [1.807, 2.05) is 42.5 Å². The SMILES string of the molecule is COc1ccc2c(c1)CCC1=C2N=C2SC(S(N)(=O)=O)=NN2C1c1ccc(Cl)cc1. The first kappa shape index (κ1) is 19.6. The Morgan fingerprint density at radius 2 is 1.97 bits per heavy atom. The lowest BCUT2D eigenvalue weighted by Crippen LogP contribution is -2.32. The number of methoxy groups -OCH3 is 1. The van der Waals surface area contributed by atoms with E-state index < -0.39 is 10.0 Å². The normalized spacial score (nSPS) is 20.2. The lowest BCUT2D eigenvalue weighted by molar-refractivity contribution is 0.369. The molecule has 2 heterocycles. The zero-order valence-corrected chi connectivity index (χ0v) is 18.3. The zero-order chi connectivity index (χ0) is 21.0. The molecule has 0 radical (unpaired) electrons. The number of hydrazone groups is 1. The van der Waals surface area contributed by atoms with Crippen molar-refractivity contribution in [1.29, 1.82) is 0 Å². The molecule has 2 aromatic rings. The van der Waals surface area contributed by atoms with Gasteiger partial charge in [0.25, 0.3) is 10.0 Å². The lowest BCUT2D eigenvalue weighted by atomic mass is 9.83. The average Bonchev–Trinajstić information content (AvgIpc) is 3.16. The quantitative estimate of drug-likeness (QED) is 0.736. The summed E-state index contributed by atoms with van der Waals surface area (Å²) in [7, 11) is -2.30. The second-order valence-corrected chi connectivity index (χ2v) is 10.2. The van der Waals surface area contributed by atoms with Crippen LogP contribution in [0.2, 0.25) is 5.02 Å². The van der Waals surface area contributed by atoms with Crippen LogP contribution in [-0.2, 0) is 16.4 Å². The lowest BCUT2D eigenvalue weighted by Gasteiger charge is -2.36. The van der Waals surface area contributed by atoms with Gasteiger partial charge < -0.3 is 4.74 Å². The third kappa shape index (κ3) is 3.22. The molecular formula is C20H17ClN4O3S2. The molecule has 0 fully saturated rings. The number of primary sulfonamides is 1. The fraction of sp³-hybridized carbons (Fsp3) is 0.200. The van der Waals surface area contributed by atoms with E-state index in [9.17, 15) is 8.42 Å². The van der Waals surface area contributed by atoms with E-state index in [-0.39, 0.29) is 10.4 Å². The summed E-state index contributed by atoms with van der Waals surface area (Å²) in [5.74, 6) is 0.798. The third-order valence-electron chi connectivity index (χ3n) is 5.31. The van der Waals surface area contributed by atoms with Crippen LogP contribution in [0.3, 0.4) is 0 Å². The average molecular weight is 461 g/mol. The van der Waals surface area contributed by atoms with E-state index in [2.05, 4.69) is 5.10 Å². The van der Waals surface area contributed by atoms with Gasteiger partial charge in [-0.05, 0) is 71.6 Å². The Labute approximate surface area is 183 Å². The van der Waals surface area contributed by atoms with Crippen LogP contribution in [0, 0.1) is 0 Å². The molecule has 2 aliphatic heterocycles. The smallest absolute Gasteiger partial charge is 0.264 e. The van der Waals surface area contributed by atoms with E-state index in [1.54, 1.807) is 12.1 Å². The number of benzene rings is 2. The molecular weight excluding hydrogens is 444 g/mol. The van der Waals surface area contributed by atoms with Crippen molar-refractivity contribution in [2.45, 2.75) is 18.9 Å². The Morgan fingerprint density at radius 1 is 1.20 bits per heavy atom. The highest BCUT2D eigenvalue weighted by Crippen LogP contribution is 2.48. The van der Waals surface area contributed by atoms with Crippen LogP contribution in [-0.4, -0.2) is 30.1 Å². The molecule has 1 aliphatic carbocycles. The molecule has 0 spiro atoms. The molecule has 2 aromatic carbocycles. The van der Waals surface area contributed by atoms with Crippen molar-refractivity contribution >= 4 is 48.6 Å². The van der Waals surface area contributed by atoms with E-state index >= 15 is 0 Å². The van der Waals surface area contributed by atoms with Crippen molar-refractivity contribution in [2.75, 3.05) is 7.11 Å². The minimum atomic E-state index is -3.94. The minimum absolute atomic E-state index is 0.157. The highest BCUT2D eigenvalue weighted by molar-refractivity contribution is 8.42. The number of ether oxygens (including phenoxy) is 1. The number of aryl methyl sites for hydroxylation is 1. The highest BCUT2D eigenvalue weighted by atomic mass is 35.5. The van der Waals surface area contributed by atoms with Gasteiger partial charge in [0, 0.05) is 10.6 Å². The summed E-state index contributed by atoms with van der Waals surface area (Å²) in [4.78, 5) is 4.80. The van der Waals surface area contributed by atoms with Crippen molar-refractivity contribution in [3.05, 3.63) is 69.8 Å². The van der Waals surface area contributed by atoms with Gasteiger partial charge in [-0.3, -0.25) is 0 Å². The molecule has 0 bridgehead atoms. The van der Waals surface area contributed by atoms with Gasteiger partial charge >= 0.3 is 0 Å². The molecule has 1 unspecified atom stereocenters. The Hall–Kier alpha value is -2.33. The number of halogens is 1. The zero-order valence-electron chi connectivity index (χ0n) is 15.9. The number of aliphatic imine (C=N–C) groups is 1. The number of hydrogen-bond donors (Lipinski definition) is 1. The van der Waals surface area contributed by atoms with E-state index in [1.165, 1.54) is 0 Å².